The van der Waals surface area contributed by atoms with Crippen molar-refractivity contribution in [2.75, 3.05) is 14.2 Å². The molecule has 0 spiro atoms. The molecule has 0 bridgehead atoms. The molecule has 0 fully saturated rings. The van der Waals surface area contributed by atoms with Gasteiger partial charge in [-0.15, -0.1) is 0 Å². The average molecular weight is 204 g/mol. The summed E-state index contributed by atoms with van der Waals surface area (Å²) in [6.07, 6.45) is -0.404. The highest BCUT2D eigenvalue weighted by Gasteiger charge is 2.22. The number of nitrogens with one attached hydrogen (secondary N) is 2. The lowest BCUT2D eigenvalue weighted by molar-refractivity contribution is -0.147. The molecule has 0 saturated carbocycles. The zero-order chi connectivity index (χ0) is 11.1. The van der Waals surface area contributed by atoms with E-state index in [0.29, 0.717) is 0 Å². The highest BCUT2D eigenvalue weighted by molar-refractivity contribution is 5.86. The number of carbonyl (C=O) groups is 3. The number of hydrogen-bond donors (Lipinski definition) is 3. The Kier molecular flexibility index (Phi) is 5.05. The molecule has 0 unspecified atom stereocenters. The van der Waals surface area contributed by atoms with Crippen molar-refractivity contribution in [2.24, 2.45) is 0 Å². The zero-order valence-electron chi connectivity index (χ0n) is 7.86. The van der Waals surface area contributed by atoms with E-state index in [4.69, 9.17) is 5.11 Å². The minimum Gasteiger partial charge on any atom is -0.480 e. The first-order valence-corrected chi connectivity index (χ1v) is 3.79. The minimum absolute atomic E-state index is 0.404. The van der Waals surface area contributed by atoms with Gasteiger partial charge in [0, 0.05) is 7.05 Å². The van der Waals surface area contributed by atoms with E-state index in [0.717, 1.165) is 7.11 Å². The number of hydrogen-bond acceptors (Lipinski definition) is 4. The zero-order valence-corrected chi connectivity index (χ0v) is 7.86. The topological polar surface area (TPSA) is 105 Å². The molecule has 0 heterocycles. The maximum atomic E-state index is 10.8. The van der Waals surface area contributed by atoms with Gasteiger partial charge in [0.15, 0.2) is 0 Å². The van der Waals surface area contributed by atoms with Gasteiger partial charge in [-0.1, -0.05) is 0 Å². The maximum absolute atomic E-state index is 10.8. The second-order valence-corrected chi connectivity index (χ2v) is 2.39. The van der Waals surface area contributed by atoms with Crippen LogP contribution in [0.5, 0.6) is 0 Å². The third-order valence-corrected chi connectivity index (χ3v) is 1.43. The van der Waals surface area contributed by atoms with Crippen molar-refractivity contribution >= 4 is 18.0 Å². The molecular formula is C7H12N2O5. The molecule has 0 aliphatic heterocycles. The average Bonchev–Trinajstić information content (AvgIpc) is 2.16. The lowest BCUT2D eigenvalue weighted by atomic mass is 10.2. The van der Waals surface area contributed by atoms with Crippen LogP contribution >= 0.6 is 0 Å². The quantitative estimate of drug-likeness (QED) is 0.506. The van der Waals surface area contributed by atoms with Crippen LogP contribution in [0.3, 0.4) is 0 Å². The van der Waals surface area contributed by atoms with Crippen LogP contribution in [0.2, 0.25) is 0 Å². The Morgan fingerprint density at radius 1 is 1.43 bits per heavy atom. The van der Waals surface area contributed by atoms with Gasteiger partial charge >= 0.3 is 18.0 Å². The van der Waals surface area contributed by atoms with E-state index in [1.807, 2.05) is 0 Å². The van der Waals surface area contributed by atoms with Crippen molar-refractivity contribution < 1.29 is 24.2 Å². The molecule has 14 heavy (non-hydrogen) atoms. The number of rotatable bonds is 4. The Morgan fingerprint density at radius 2 is 2.00 bits per heavy atom. The summed E-state index contributed by atoms with van der Waals surface area (Å²) in [5.74, 6) is -1.99. The predicted molar refractivity (Wildman–Crippen MR) is 45.6 cm³/mol. The van der Waals surface area contributed by atoms with Gasteiger partial charge in [-0.2, -0.15) is 0 Å². The molecule has 0 aliphatic carbocycles. The fraction of sp³-hybridized carbons (Fsp3) is 0.571. The Hall–Kier alpha value is -1.79. The lowest BCUT2D eigenvalue weighted by Crippen LogP contribution is -2.46. The number of carboxylic acid groups (broad SMARTS) is 1. The van der Waals surface area contributed by atoms with Gasteiger partial charge in [0.2, 0.25) is 0 Å². The predicted octanol–water partition coefficient (Wildman–Crippen LogP) is -1.07. The van der Waals surface area contributed by atoms with Gasteiger partial charge in [0.05, 0.1) is 13.5 Å². The molecule has 1 atom stereocenters. The number of esters is 1. The van der Waals surface area contributed by atoms with Gasteiger partial charge in [-0.3, -0.25) is 4.79 Å². The summed E-state index contributed by atoms with van der Waals surface area (Å²) in [4.78, 5) is 32.1. The van der Waals surface area contributed by atoms with Gasteiger partial charge in [0.1, 0.15) is 6.04 Å². The molecule has 0 aromatic heterocycles. The summed E-state index contributed by atoms with van der Waals surface area (Å²) in [5.41, 5.74) is 0. The molecule has 0 aliphatic rings. The monoisotopic (exact) mass is 204 g/mol. The molecule has 0 saturated heterocycles. The fourth-order valence-electron chi connectivity index (χ4n) is 0.680. The van der Waals surface area contributed by atoms with E-state index in [-0.39, 0.29) is 0 Å². The number of ether oxygens (including phenoxy) is 1. The van der Waals surface area contributed by atoms with Gasteiger partial charge in [-0.25, -0.2) is 9.59 Å². The second-order valence-electron chi connectivity index (χ2n) is 2.39. The van der Waals surface area contributed by atoms with E-state index < -0.39 is 30.4 Å². The Balaban J connectivity index is 4.23. The number of carboxylic acids is 1. The first-order chi connectivity index (χ1) is 6.51. The fourth-order valence-corrected chi connectivity index (χ4v) is 0.680. The van der Waals surface area contributed by atoms with Gasteiger partial charge < -0.3 is 20.5 Å². The van der Waals surface area contributed by atoms with Crippen LogP contribution in [0.1, 0.15) is 6.42 Å². The molecule has 3 N–H and O–H groups in total. The van der Waals surface area contributed by atoms with E-state index in [9.17, 15) is 14.4 Å². The van der Waals surface area contributed by atoms with Crippen molar-refractivity contribution in [3.63, 3.8) is 0 Å². The molecule has 0 rings (SSSR count). The molecule has 7 heteroatoms. The summed E-state index contributed by atoms with van der Waals surface area (Å²) in [7, 11) is 2.48. The van der Waals surface area contributed by atoms with Crippen molar-refractivity contribution in [3.05, 3.63) is 0 Å². The lowest BCUT2D eigenvalue weighted by Gasteiger charge is -2.12. The second kappa shape index (κ2) is 5.79. The summed E-state index contributed by atoms with van der Waals surface area (Å²) in [6.45, 7) is 0. The minimum atomic E-state index is -1.29. The first-order valence-electron chi connectivity index (χ1n) is 3.79. The molecule has 80 valence electrons. The standard InChI is InChI=1S/C7H12N2O5/c1-8-7(13)9-4(6(11)12)3-5(10)14-2/h4H,3H2,1-2H3,(H,11,12)(H2,8,9,13)/t4-/m0/s1. The van der Waals surface area contributed by atoms with Crippen LogP contribution in [-0.4, -0.2) is 43.3 Å². The van der Waals surface area contributed by atoms with Crippen LogP contribution in [0.15, 0.2) is 0 Å². The first kappa shape index (κ1) is 12.2. The van der Waals surface area contributed by atoms with Gasteiger partial charge in [-0.05, 0) is 0 Å². The Bertz CT molecular complexity index is 222. The summed E-state index contributed by atoms with van der Waals surface area (Å²) in [6, 6.07) is -1.94. The molecule has 0 aromatic rings. The summed E-state index contributed by atoms with van der Waals surface area (Å²) < 4.78 is 4.27. The van der Waals surface area contributed by atoms with E-state index >= 15 is 0 Å². The van der Waals surface area contributed by atoms with Gasteiger partial charge in [0.25, 0.3) is 0 Å². The van der Waals surface area contributed by atoms with Crippen LogP contribution in [0, 0.1) is 0 Å². The van der Waals surface area contributed by atoms with Crippen LogP contribution < -0.4 is 10.6 Å². The van der Waals surface area contributed by atoms with Crippen molar-refractivity contribution in [1.82, 2.24) is 10.6 Å². The maximum Gasteiger partial charge on any atom is 0.326 e. The smallest absolute Gasteiger partial charge is 0.326 e. The van der Waals surface area contributed by atoms with Crippen LogP contribution in [0.4, 0.5) is 4.79 Å². The number of urea groups is 1. The summed E-state index contributed by atoms with van der Waals surface area (Å²) >= 11 is 0. The van der Waals surface area contributed by atoms with Crippen LogP contribution in [-0.2, 0) is 14.3 Å². The molecule has 2 amide bonds. The molecule has 7 nitrogen and oxygen atoms in total. The van der Waals surface area contributed by atoms with Crippen molar-refractivity contribution in [1.29, 1.82) is 0 Å². The third kappa shape index (κ3) is 4.29. The van der Waals surface area contributed by atoms with Crippen molar-refractivity contribution in [2.45, 2.75) is 12.5 Å². The molecule has 0 aromatic carbocycles. The number of amides is 2. The molecule has 0 radical (unpaired) electrons. The number of aliphatic carboxylic acids is 1. The van der Waals surface area contributed by atoms with Crippen LogP contribution in [0.25, 0.3) is 0 Å². The highest BCUT2D eigenvalue weighted by atomic mass is 16.5. The molecular weight excluding hydrogens is 192 g/mol. The SMILES string of the molecule is CNC(=O)N[C@@H](CC(=O)OC)C(=O)O. The van der Waals surface area contributed by atoms with Crippen molar-refractivity contribution in [3.8, 4) is 0 Å². The third-order valence-electron chi connectivity index (χ3n) is 1.43. The largest absolute Gasteiger partial charge is 0.480 e. The number of carbonyl (C=O) groups excluding carboxylic acids is 2. The van der Waals surface area contributed by atoms with E-state index in [1.165, 1.54) is 7.05 Å². The van der Waals surface area contributed by atoms with E-state index in [1.54, 1.807) is 0 Å². The van der Waals surface area contributed by atoms with E-state index in [2.05, 4.69) is 15.4 Å². The summed E-state index contributed by atoms with van der Waals surface area (Å²) in [5, 5.41) is 12.9. The highest BCUT2D eigenvalue weighted by Crippen LogP contribution is 1.94. The Labute approximate surface area is 80.4 Å². The number of methoxy groups -OCH3 is 1. The Morgan fingerprint density at radius 3 is 2.36 bits per heavy atom. The normalized spacial score (nSPS) is 11.3.